The normalized spacial score (nSPS) is 11.3. The first-order chi connectivity index (χ1) is 30.2. The molecule has 0 saturated carbocycles. The van der Waals surface area contributed by atoms with Crippen LogP contribution in [0.15, 0.2) is 217 Å². The van der Waals surface area contributed by atoms with Gasteiger partial charge in [-0.05, 0) is 53.1 Å². The highest BCUT2D eigenvalue weighted by atomic mass is 16.3. The lowest BCUT2D eigenvalue weighted by Gasteiger charge is -2.12. The first-order valence-electron chi connectivity index (χ1n) is 20.2. The zero-order valence-corrected chi connectivity index (χ0v) is 32.9. The van der Waals surface area contributed by atoms with Crippen LogP contribution < -0.4 is 0 Å². The Labute approximate surface area is 352 Å². The zero-order valence-electron chi connectivity index (χ0n) is 32.9. The molecule has 3 aromatic heterocycles. The summed E-state index contributed by atoms with van der Waals surface area (Å²) in [5.41, 5.74) is 13.1. The van der Waals surface area contributed by atoms with Gasteiger partial charge < -0.3 is 4.42 Å². The number of benzene rings is 8. The monoisotopic (exact) mass is 781 g/mol. The van der Waals surface area contributed by atoms with E-state index in [1.165, 1.54) is 0 Å². The van der Waals surface area contributed by atoms with Crippen molar-refractivity contribution in [2.75, 3.05) is 0 Å². The van der Waals surface area contributed by atoms with E-state index in [1.54, 1.807) is 0 Å². The molecule has 11 rings (SSSR count). The second-order valence-corrected chi connectivity index (χ2v) is 14.9. The summed E-state index contributed by atoms with van der Waals surface area (Å²) in [5, 5.41) is 2.09. The standard InChI is InChI=1S/C55H35N5O/c1-5-17-36(18-6-1)48-35-49(37-19-7-2-8-20-37)57-54(56-48)43-28-16-26-41(32-43)46-33-44(34-47-45-29-13-14-30-50(45)61-51(46)47)40-25-15-27-42(31-40)55-59-52(38-21-9-3-10-22-38)58-53(60-55)39-23-11-4-12-24-39/h1-35H. The van der Waals surface area contributed by atoms with Crippen LogP contribution in [-0.4, -0.2) is 24.9 Å². The van der Waals surface area contributed by atoms with E-state index >= 15 is 0 Å². The fraction of sp³-hybridized carbons (Fsp3) is 0. The van der Waals surface area contributed by atoms with E-state index in [4.69, 9.17) is 29.3 Å². The number of hydrogen-bond donors (Lipinski definition) is 0. The molecule has 0 fully saturated rings. The van der Waals surface area contributed by atoms with Crippen molar-refractivity contribution in [3.63, 3.8) is 0 Å². The van der Waals surface area contributed by atoms with Gasteiger partial charge in [0.2, 0.25) is 0 Å². The molecule has 286 valence electrons. The number of fused-ring (bicyclic) bond motifs is 3. The van der Waals surface area contributed by atoms with Gasteiger partial charge in [0.05, 0.1) is 11.4 Å². The van der Waals surface area contributed by atoms with Gasteiger partial charge in [0, 0.05) is 49.7 Å². The first kappa shape index (κ1) is 35.8. The van der Waals surface area contributed by atoms with Gasteiger partial charge in [0.1, 0.15) is 11.2 Å². The van der Waals surface area contributed by atoms with Crippen molar-refractivity contribution in [2.45, 2.75) is 0 Å². The maximum absolute atomic E-state index is 6.67. The number of aromatic nitrogens is 5. The van der Waals surface area contributed by atoms with Crippen molar-refractivity contribution in [2.24, 2.45) is 0 Å². The van der Waals surface area contributed by atoms with Crippen LogP contribution in [-0.2, 0) is 0 Å². The lowest BCUT2D eigenvalue weighted by molar-refractivity contribution is 0.670. The largest absolute Gasteiger partial charge is 0.455 e. The van der Waals surface area contributed by atoms with E-state index in [0.29, 0.717) is 23.3 Å². The number of rotatable bonds is 8. The number of para-hydroxylation sites is 1. The Hall–Kier alpha value is -8.35. The lowest BCUT2D eigenvalue weighted by Crippen LogP contribution is -2.00. The Balaban J connectivity index is 1.06. The summed E-state index contributed by atoms with van der Waals surface area (Å²) in [4.78, 5) is 25.2. The molecule has 0 radical (unpaired) electrons. The number of hydrogen-bond acceptors (Lipinski definition) is 6. The molecule has 0 aliphatic rings. The van der Waals surface area contributed by atoms with Crippen molar-refractivity contribution in [1.29, 1.82) is 0 Å². The predicted molar refractivity (Wildman–Crippen MR) is 246 cm³/mol. The molecule has 0 aliphatic heterocycles. The Morgan fingerprint density at radius 3 is 1.26 bits per heavy atom. The quantitative estimate of drug-likeness (QED) is 0.153. The van der Waals surface area contributed by atoms with Crippen LogP contribution in [0.5, 0.6) is 0 Å². The third-order valence-corrected chi connectivity index (χ3v) is 10.9. The molecule has 0 atom stereocenters. The van der Waals surface area contributed by atoms with E-state index < -0.39 is 0 Å². The third-order valence-electron chi connectivity index (χ3n) is 10.9. The highest BCUT2D eigenvalue weighted by Gasteiger charge is 2.18. The molecule has 6 nitrogen and oxygen atoms in total. The van der Waals surface area contributed by atoms with Gasteiger partial charge in [-0.2, -0.15) is 0 Å². The molecule has 11 aromatic rings. The summed E-state index contributed by atoms with van der Waals surface area (Å²) in [5.74, 6) is 2.49. The Morgan fingerprint density at radius 1 is 0.262 bits per heavy atom. The van der Waals surface area contributed by atoms with Crippen molar-refractivity contribution in [3.05, 3.63) is 212 Å². The first-order valence-corrected chi connectivity index (χ1v) is 20.2. The minimum Gasteiger partial charge on any atom is -0.455 e. The van der Waals surface area contributed by atoms with Gasteiger partial charge in [-0.3, -0.25) is 0 Å². The van der Waals surface area contributed by atoms with Gasteiger partial charge in [-0.1, -0.05) is 176 Å². The molecule has 0 amide bonds. The van der Waals surface area contributed by atoms with Crippen LogP contribution in [0.25, 0.3) is 112 Å². The molecule has 0 N–H and O–H groups in total. The Bertz CT molecular complexity index is 3230. The van der Waals surface area contributed by atoms with Crippen LogP contribution in [0.2, 0.25) is 0 Å². The maximum Gasteiger partial charge on any atom is 0.164 e. The Kier molecular flexibility index (Phi) is 9.06. The second-order valence-electron chi connectivity index (χ2n) is 14.9. The average Bonchev–Trinajstić information content (AvgIpc) is 3.73. The summed E-state index contributed by atoms with van der Waals surface area (Å²) in [7, 11) is 0. The van der Waals surface area contributed by atoms with E-state index in [-0.39, 0.29) is 0 Å². The molecular formula is C55H35N5O. The smallest absolute Gasteiger partial charge is 0.164 e. The van der Waals surface area contributed by atoms with Crippen molar-refractivity contribution >= 4 is 21.9 Å². The average molecular weight is 782 g/mol. The maximum atomic E-state index is 6.67. The van der Waals surface area contributed by atoms with Crippen LogP contribution in [0.4, 0.5) is 0 Å². The zero-order chi connectivity index (χ0) is 40.5. The van der Waals surface area contributed by atoms with Crippen molar-refractivity contribution < 1.29 is 4.42 Å². The number of nitrogens with zero attached hydrogens (tertiary/aromatic N) is 5. The highest BCUT2D eigenvalue weighted by molar-refractivity contribution is 6.11. The molecule has 6 heteroatoms. The second kappa shape index (κ2) is 15.4. The molecule has 8 aromatic carbocycles. The van der Waals surface area contributed by atoms with Gasteiger partial charge in [-0.25, -0.2) is 24.9 Å². The number of furan rings is 1. The van der Waals surface area contributed by atoms with Crippen LogP contribution in [0, 0.1) is 0 Å². The van der Waals surface area contributed by atoms with Crippen LogP contribution >= 0.6 is 0 Å². The summed E-state index contributed by atoms with van der Waals surface area (Å²) in [6.45, 7) is 0. The molecule has 0 unspecified atom stereocenters. The molecule has 0 bridgehead atoms. The highest BCUT2D eigenvalue weighted by Crippen LogP contribution is 2.41. The summed E-state index contributed by atoms with van der Waals surface area (Å²) in [6, 6.07) is 72.2. The van der Waals surface area contributed by atoms with Gasteiger partial charge in [0.15, 0.2) is 23.3 Å². The summed E-state index contributed by atoms with van der Waals surface area (Å²) >= 11 is 0. The predicted octanol–water partition coefficient (Wildman–Crippen LogP) is 13.9. The van der Waals surface area contributed by atoms with Gasteiger partial charge in [0.25, 0.3) is 0 Å². The van der Waals surface area contributed by atoms with Crippen LogP contribution in [0.1, 0.15) is 0 Å². The minimum absolute atomic E-state index is 0.602. The summed E-state index contributed by atoms with van der Waals surface area (Å²) < 4.78 is 6.67. The third kappa shape index (κ3) is 7.02. The molecule has 0 aliphatic carbocycles. The van der Waals surface area contributed by atoms with Gasteiger partial charge in [-0.15, -0.1) is 0 Å². The van der Waals surface area contributed by atoms with E-state index in [0.717, 1.165) is 89.0 Å². The molecule has 0 saturated heterocycles. The topological polar surface area (TPSA) is 77.6 Å². The minimum atomic E-state index is 0.602. The fourth-order valence-corrected chi connectivity index (χ4v) is 7.90. The summed E-state index contributed by atoms with van der Waals surface area (Å²) in [6.07, 6.45) is 0. The van der Waals surface area contributed by atoms with E-state index in [1.807, 2.05) is 109 Å². The SMILES string of the molecule is c1ccc(-c2cc(-c3ccccc3)nc(-c3cccc(-c4cc(-c5cccc(-c6nc(-c7ccccc7)nc(-c7ccccc7)n6)c5)cc5c4oc4ccccc45)c3)n2)cc1. The lowest BCUT2D eigenvalue weighted by atomic mass is 9.94. The van der Waals surface area contributed by atoms with E-state index in [2.05, 4.69) is 103 Å². The van der Waals surface area contributed by atoms with E-state index in [9.17, 15) is 0 Å². The molecule has 61 heavy (non-hydrogen) atoms. The molecular weight excluding hydrogens is 747 g/mol. The van der Waals surface area contributed by atoms with Gasteiger partial charge >= 0.3 is 0 Å². The Morgan fingerprint density at radius 2 is 0.689 bits per heavy atom. The van der Waals surface area contributed by atoms with Crippen molar-refractivity contribution in [1.82, 2.24) is 24.9 Å². The fourth-order valence-electron chi connectivity index (χ4n) is 7.90. The molecule has 3 heterocycles. The van der Waals surface area contributed by atoms with Crippen molar-refractivity contribution in [3.8, 4) is 90.3 Å². The molecule has 0 spiro atoms. The van der Waals surface area contributed by atoms with Crippen LogP contribution in [0.3, 0.4) is 0 Å².